The maximum atomic E-state index is 12.7. The first kappa shape index (κ1) is 20.6. The molecular weight excluding hydrogens is 376 g/mol. The van der Waals surface area contributed by atoms with Crippen LogP contribution in [0.1, 0.15) is 35.3 Å². The molecule has 0 unspecified atom stereocenters. The number of hydrogen-bond acceptors (Lipinski definition) is 5. The van der Waals surface area contributed by atoms with Crippen LogP contribution >= 0.6 is 0 Å². The molecule has 1 amide bonds. The highest BCUT2D eigenvalue weighted by molar-refractivity contribution is 5.92. The van der Waals surface area contributed by atoms with Gasteiger partial charge in [0, 0.05) is 39.3 Å². The van der Waals surface area contributed by atoms with Crippen molar-refractivity contribution in [3.05, 3.63) is 72.0 Å². The zero-order valence-corrected chi connectivity index (χ0v) is 17.6. The van der Waals surface area contributed by atoms with E-state index in [1.54, 1.807) is 0 Å². The van der Waals surface area contributed by atoms with E-state index in [9.17, 15) is 4.79 Å². The number of hydrogen-bond donors (Lipinski definition) is 0. The lowest BCUT2D eigenvalue weighted by atomic mass is 10.2. The van der Waals surface area contributed by atoms with Gasteiger partial charge in [0.05, 0.1) is 12.6 Å². The van der Waals surface area contributed by atoms with Crippen molar-refractivity contribution in [2.45, 2.75) is 25.9 Å². The molecule has 0 bridgehead atoms. The van der Waals surface area contributed by atoms with Crippen molar-refractivity contribution in [2.24, 2.45) is 0 Å². The minimum Gasteiger partial charge on any atom is -0.447 e. The number of amides is 1. The van der Waals surface area contributed by atoms with Crippen molar-refractivity contribution >= 4 is 12.0 Å². The third kappa shape index (κ3) is 5.07. The maximum absolute atomic E-state index is 12.7. The van der Waals surface area contributed by atoms with Gasteiger partial charge < -0.3 is 9.32 Å². The molecule has 0 aliphatic carbocycles. The first-order valence-electron chi connectivity index (χ1n) is 10.8. The summed E-state index contributed by atoms with van der Waals surface area (Å²) < 4.78 is 5.61. The van der Waals surface area contributed by atoms with Crippen molar-refractivity contribution in [1.29, 1.82) is 0 Å². The highest BCUT2D eigenvalue weighted by Gasteiger charge is 2.27. The van der Waals surface area contributed by atoms with Crippen LogP contribution in [0.25, 0.3) is 6.08 Å². The summed E-state index contributed by atoms with van der Waals surface area (Å²) in [6.07, 6.45) is 11.0. The molecule has 3 heterocycles. The summed E-state index contributed by atoms with van der Waals surface area (Å²) >= 11 is 0. The van der Waals surface area contributed by atoms with Crippen LogP contribution in [0.2, 0.25) is 0 Å². The molecule has 0 spiro atoms. The Hall–Kier alpha value is -2.70. The van der Waals surface area contributed by atoms with Crippen molar-refractivity contribution in [3.8, 4) is 0 Å². The summed E-state index contributed by atoms with van der Waals surface area (Å²) in [6, 6.07) is 10.6. The number of nitrogens with zero attached hydrogens (tertiary/aromatic N) is 4. The summed E-state index contributed by atoms with van der Waals surface area (Å²) in [5.41, 5.74) is 1.65. The van der Waals surface area contributed by atoms with Gasteiger partial charge in [-0.05, 0) is 12.0 Å². The Kier molecular flexibility index (Phi) is 6.77. The molecule has 30 heavy (non-hydrogen) atoms. The molecule has 6 heteroatoms. The van der Waals surface area contributed by atoms with Gasteiger partial charge >= 0.3 is 0 Å². The molecule has 2 aliphatic rings. The van der Waals surface area contributed by atoms with Gasteiger partial charge in [0.2, 0.25) is 5.89 Å². The fourth-order valence-corrected chi connectivity index (χ4v) is 4.01. The average Bonchev–Trinajstić information content (AvgIpc) is 3.45. The number of carbonyl (C=O) groups is 1. The Labute approximate surface area is 178 Å². The third-order valence-electron chi connectivity index (χ3n) is 5.81. The van der Waals surface area contributed by atoms with Gasteiger partial charge in [0.1, 0.15) is 6.26 Å². The normalized spacial score (nSPS) is 20.4. The molecule has 2 aromatic rings. The van der Waals surface area contributed by atoms with E-state index in [4.69, 9.17) is 4.42 Å². The Balaban J connectivity index is 1.23. The molecule has 2 aliphatic heterocycles. The molecule has 6 nitrogen and oxygen atoms in total. The highest BCUT2D eigenvalue weighted by atomic mass is 16.3. The number of piperazine rings is 1. The van der Waals surface area contributed by atoms with Gasteiger partial charge in [-0.3, -0.25) is 14.6 Å². The Morgan fingerprint density at radius 3 is 2.70 bits per heavy atom. The molecule has 1 atom stereocenters. The van der Waals surface area contributed by atoms with Gasteiger partial charge in [-0.25, -0.2) is 4.98 Å². The predicted molar refractivity (Wildman–Crippen MR) is 118 cm³/mol. The van der Waals surface area contributed by atoms with Crippen molar-refractivity contribution in [3.63, 3.8) is 0 Å². The number of benzene rings is 1. The number of carbonyl (C=O) groups excluding carboxylic acids is 1. The lowest BCUT2D eigenvalue weighted by Crippen LogP contribution is -2.45. The van der Waals surface area contributed by atoms with Gasteiger partial charge in [-0.15, -0.1) is 0 Å². The van der Waals surface area contributed by atoms with Crippen LogP contribution in [0.3, 0.4) is 0 Å². The molecule has 1 fully saturated rings. The topological polar surface area (TPSA) is 52.8 Å². The summed E-state index contributed by atoms with van der Waals surface area (Å²) in [4.78, 5) is 23.8. The smallest absolute Gasteiger partial charge is 0.276 e. The molecule has 1 aromatic heterocycles. The number of rotatable bonds is 7. The largest absolute Gasteiger partial charge is 0.447 e. The molecule has 158 valence electrons. The maximum Gasteiger partial charge on any atom is 0.276 e. The zero-order chi connectivity index (χ0) is 20.8. The van der Waals surface area contributed by atoms with E-state index in [0.717, 1.165) is 39.1 Å². The molecule has 1 saturated heterocycles. The van der Waals surface area contributed by atoms with Crippen LogP contribution in [0.15, 0.2) is 59.2 Å². The summed E-state index contributed by atoms with van der Waals surface area (Å²) in [5, 5.41) is 0. The first-order chi connectivity index (χ1) is 14.7. The lowest BCUT2D eigenvalue weighted by Gasteiger charge is -2.33. The Morgan fingerprint density at radius 2 is 1.93 bits per heavy atom. The molecule has 0 N–H and O–H groups in total. The molecule has 0 radical (unpaired) electrons. The summed E-state index contributed by atoms with van der Waals surface area (Å²) in [5.74, 6) is 0.577. The number of oxazole rings is 1. The van der Waals surface area contributed by atoms with Gasteiger partial charge in [0.15, 0.2) is 5.69 Å². The van der Waals surface area contributed by atoms with Crippen molar-refractivity contribution in [1.82, 2.24) is 19.7 Å². The SMILES string of the molecule is CC[C@@H]1C=CCN1C(=O)c1coc(CN2CCN(C/C=C/c3ccccc3)CC2)n1. The van der Waals surface area contributed by atoms with Crippen molar-refractivity contribution in [2.75, 3.05) is 39.3 Å². The molecule has 1 aromatic carbocycles. The molecule has 0 saturated carbocycles. The second-order valence-corrected chi connectivity index (χ2v) is 7.88. The zero-order valence-electron chi connectivity index (χ0n) is 17.6. The summed E-state index contributed by atoms with van der Waals surface area (Å²) in [6.45, 7) is 8.33. The third-order valence-corrected chi connectivity index (χ3v) is 5.81. The summed E-state index contributed by atoms with van der Waals surface area (Å²) in [7, 11) is 0. The van der Waals surface area contributed by atoms with Crippen LogP contribution in [0.5, 0.6) is 0 Å². The van der Waals surface area contributed by atoms with E-state index < -0.39 is 0 Å². The van der Waals surface area contributed by atoms with Crippen LogP contribution in [0, 0.1) is 0 Å². The Morgan fingerprint density at radius 1 is 1.17 bits per heavy atom. The monoisotopic (exact) mass is 406 g/mol. The van der Waals surface area contributed by atoms with E-state index in [0.29, 0.717) is 24.7 Å². The quantitative estimate of drug-likeness (QED) is 0.661. The minimum absolute atomic E-state index is 0.0446. The predicted octanol–water partition coefficient (Wildman–Crippen LogP) is 3.30. The van der Waals surface area contributed by atoms with Crippen LogP contribution in [-0.4, -0.2) is 70.9 Å². The fraction of sp³-hybridized carbons (Fsp3) is 0.417. The van der Waals surface area contributed by atoms with Crippen molar-refractivity contribution < 1.29 is 9.21 Å². The fourth-order valence-electron chi connectivity index (χ4n) is 4.01. The van der Waals surface area contributed by atoms with Crippen LogP contribution in [-0.2, 0) is 6.54 Å². The molecular formula is C24H30N4O2. The lowest BCUT2D eigenvalue weighted by molar-refractivity contribution is 0.0741. The second-order valence-electron chi connectivity index (χ2n) is 7.88. The van der Waals surface area contributed by atoms with Crippen LogP contribution in [0.4, 0.5) is 0 Å². The van der Waals surface area contributed by atoms with E-state index in [2.05, 4.69) is 64.2 Å². The van der Waals surface area contributed by atoms with E-state index in [-0.39, 0.29) is 11.9 Å². The van der Waals surface area contributed by atoms with Gasteiger partial charge in [0.25, 0.3) is 5.91 Å². The van der Waals surface area contributed by atoms with E-state index in [1.165, 1.54) is 11.8 Å². The standard InChI is InChI=1S/C24H30N4O2/c1-2-21-11-7-13-28(21)24(29)22-19-30-23(25-22)18-27-16-14-26(15-17-27)12-6-10-20-8-4-3-5-9-20/h3-11,19,21H,2,12-18H2,1H3/b10-6+/t21-/m1/s1. The van der Waals surface area contributed by atoms with E-state index >= 15 is 0 Å². The van der Waals surface area contributed by atoms with Gasteiger partial charge in [-0.2, -0.15) is 0 Å². The first-order valence-corrected chi connectivity index (χ1v) is 10.8. The highest BCUT2D eigenvalue weighted by Crippen LogP contribution is 2.17. The molecule has 4 rings (SSSR count). The van der Waals surface area contributed by atoms with E-state index in [1.807, 2.05) is 17.0 Å². The second kappa shape index (κ2) is 9.87. The Bertz CT molecular complexity index is 882. The van der Waals surface area contributed by atoms with Crippen LogP contribution < -0.4 is 0 Å². The minimum atomic E-state index is -0.0446. The van der Waals surface area contributed by atoms with Gasteiger partial charge in [-0.1, -0.05) is 61.6 Å². The average molecular weight is 407 g/mol. The number of aromatic nitrogens is 1.